The number of thioether (sulfide) groups is 1. The van der Waals surface area contributed by atoms with E-state index in [1.54, 1.807) is 43.0 Å². The normalized spacial score (nSPS) is 11.5. The number of carbonyl (C=O) groups is 1. The summed E-state index contributed by atoms with van der Waals surface area (Å²) in [4.78, 5) is 12.7. The Kier molecular flexibility index (Phi) is 7.45. The molecule has 142 valence electrons. The molecule has 0 spiro atoms. The summed E-state index contributed by atoms with van der Waals surface area (Å²) < 4.78 is 28.0. The second-order valence-electron chi connectivity index (χ2n) is 6.01. The molecular weight excluding hydrogens is 380 g/mol. The van der Waals surface area contributed by atoms with E-state index in [1.165, 1.54) is 6.26 Å². The average Bonchev–Trinajstić information content (AvgIpc) is 2.64. The summed E-state index contributed by atoms with van der Waals surface area (Å²) in [7, 11) is -3.17. The van der Waals surface area contributed by atoms with Gasteiger partial charge in [-0.15, -0.1) is 11.8 Å². The first-order valence-electron chi connectivity index (χ1n) is 8.29. The van der Waals surface area contributed by atoms with Gasteiger partial charge in [0.1, 0.15) is 6.61 Å². The minimum atomic E-state index is -3.17. The summed E-state index contributed by atoms with van der Waals surface area (Å²) >= 11 is 1.61. The minimum absolute atomic E-state index is 0.315. The molecule has 0 saturated carbocycles. The quantitative estimate of drug-likeness (QED) is 0.214. The molecule has 2 aromatic rings. The Morgan fingerprint density at radius 3 is 2.04 bits per heavy atom. The fraction of sp³-hybridized carbons (Fsp3) is 0.190. The van der Waals surface area contributed by atoms with Crippen LogP contribution in [0.15, 0.2) is 70.5 Å². The van der Waals surface area contributed by atoms with E-state index < -0.39 is 9.84 Å². The van der Waals surface area contributed by atoms with Crippen molar-refractivity contribution in [2.24, 2.45) is 0 Å². The molecule has 0 aliphatic carbocycles. The van der Waals surface area contributed by atoms with Crippen molar-refractivity contribution in [2.45, 2.75) is 16.7 Å². The molecule has 0 aromatic heterocycles. The molecule has 0 heterocycles. The standard InChI is InChI=1S/C21H22O4S2/c1-16(2)21(22)25-14-15-26-19-10-6-17(7-11-19)4-5-18-8-12-20(13-9-18)27(3,23)24/h4-13H,1,14-15H2,2-3H3. The second kappa shape index (κ2) is 9.58. The monoisotopic (exact) mass is 402 g/mol. The number of carbonyl (C=O) groups excluding carboxylic acids is 1. The van der Waals surface area contributed by atoms with Crippen LogP contribution in [0, 0.1) is 0 Å². The topological polar surface area (TPSA) is 60.4 Å². The largest absolute Gasteiger partial charge is 0.461 e. The molecule has 0 fully saturated rings. The first-order valence-corrected chi connectivity index (χ1v) is 11.2. The fourth-order valence-electron chi connectivity index (χ4n) is 2.11. The summed E-state index contributed by atoms with van der Waals surface area (Å²) in [5, 5.41) is 0. The molecule has 0 amide bonds. The van der Waals surface area contributed by atoms with Gasteiger partial charge < -0.3 is 4.74 Å². The predicted octanol–water partition coefficient (Wildman–Crippen LogP) is 4.47. The lowest BCUT2D eigenvalue weighted by atomic mass is 10.1. The Hall–Kier alpha value is -2.31. The number of rotatable bonds is 8. The lowest BCUT2D eigenvalue weighted by molar-refractivity contribution is -0.138. The SMILES string of the molecule is C=C(C)C(=O)OCCSc1ccc(C=Cc2ccc(S(C)(=O)=O)cc2)cc1. The molecule has 0 atom stereocenters. The van der Waals surface area contributed by atoms with Gasteiger partial charge in [-0.3, -0.25) is 0 Å². The summed E-state index contributed by atoms with van der Waals surface area (Å²) in [6, 6.07) is 14.8. The third-order valence-corrected chi connectivity index (χ3v) is 5.70. The summed E-state index contributed by atoms with van der Waals surface area (Å²) in [6.07, 6.45) is 5.10. The smallest absolute Gasteiger partial charge is 0.333 e. The zero-order chi connectivity index (χ0) is 19.9. The lowest BCUT2D eigenvalue weighted by Gasteiger charge is -2.04. The van der Waals surface area contributed by atoms with Gasteiger partial charge >= 0.3 is 5.97 Å². The maximum absolute atomic E-state index is 11.5. The molecule has 0 unspecified atom stereocenters. The molecule has 27 heavy (non-hydrogen) atoms. The third kappa shape index (κ3) is 7.07. The van der Waals surface area contributed by atoms with Crippen LogP contribution in [0.5, 0.6) is 0 Å². The molecule has 2 aromatic carbocycles. The lowest BCUT2D eigenvalue weighted by Crippen LogP contribution is -2.07. The number of benzene rings is 2. The number of hydrogen-bond donors (Lipinski definition) is 0. The van der Waals surface area contributed by atoms with Gasteiger partial charge in [0, 0.05) is 22.5 Å². The highest BCUT2D eigenvalue weighted by Gasteiger charge is 2.05. The third-order valence-electron chi connectivity index (χ3n) is 3.59. The average molecular weight is 403 g/mol. The van der Waals surface area contributed by atoms with Crippen LogP contribution < -0.4 is 0 Å². The van der Waals surface area contributed by atoms with Gasteiger partial charge in [-0.1, -0.05) is 43.0 Å². The molecule has 0 N–H and O–H groups in total. The zero-order valence-corrected chi connectivity index (χ0v) is 17.0. The van der Waals surface area contributed by atoms with E-state index in [0.717, 1.165) is 16.0 Å². The van der Waals surface area contributed by atoms with E-state index in [9.17, 15) is 13.2 Å². The van der Waals surface area contributed by atoms with E-state index in [1.807, 2.05) is 36.4 Å². The van der Waals surface area contributed by atoms with Crippen molar-refractivity contribution in [3.8, 4) is 0 Å². The van der Waals surface area contributed by atoms with Crippen molar-refractivity contribution < 1.29 is 17.9 Å². The van der Waals surface area contributed by atoms with Crippen molar-refractivity contribution >= 4 is 39.7 Å². The number of hydrogen-bond acceptors (Lipinski definition) is 5. The highest BCUT2D eigenvalue weighted by molar-refractivity contribution is 7.99. The number of ether oxygens (including phenoxy) is 1. The Labute approximate surface area is 164 Å². The van der Waals surface area contributed by atoms with E-state index in [0.29, 0.717) is 22.8 Å². The van der Waals surface area contributed by atoms with Gasteiger partial charge in [-0.05, 0) is 42.3 Å². The molecule has 0 saturated heterocycles. The van der Waals surface area contributed by atoms with Crippen molar-refractivity contribution in [1.82, 2.24) is 0 Å². The van der Waals surface area contributed by atoms with E-state index in [-0.39, 0.29) is 5.97 Å². The summed E-state index contributed by atoms with van der Waals surface area (Å²) in [5.74, 6) is 0.321. The molecular formula is C21H22O4S2. The zero-order valence-electron chi connectivity index (χ0n) is 15.3. The molecule has 6 heteroatoms. The Bertz CT molecular complexity index is 925. The molecule has 0 aliphatic heterocycles. The maximum atomic E-state index is 11.5. The number of sulfone groups is 1. The summed E-state index contributed by atoms with van der Waals surface area (Å²) in [5.41, 5.74) is 2.38. The van der Waals surface area contributed by atoms with Gasteiger partial charge in [0.2, 0.25) is 0 Å². The molecule has 2 rings (SSSR count). The Morgan fingerprint density at radius 1 is 1.04 bits per heavy atom. The van der Waals surface area contributed by atoms with E-state index in [2.05, 4.69) is 6.58 Å². The van der Waals surface area contributed by atoms with Crippen molar-refractivity contribution in [2.75, 3.05) is 18.6 Å². The highest BCUT2D eigenvalue weighted by atomic mass is 32.2. The first-order chi connectivity index (χ1) is 12.8. The molecule has 0 aliphatic rings. The fourth-order valence-corrected chi connectivity index (χ4v) is 3.47. The van der Waals surface area contributed by atoms with Crippen molar-refractivity contribution in [3.63, 3.8) is 0 Å². The van der Waals surface area contributed by atoms with Crippen LogP contribution in [0.1, 0.15) is 18.1 Å². The maximum Gasteiger partial charge on any atom is 0.333 e. The van der Waals surface area contributed by atoms with Crippen LogP contribution in [-0.2, 0) is 19.4 Å². The van der Waals surface area contributed by atoms with Gasteiger partial charge in [0.05, 0.1) is 4.90 Å². The summed E-state index contributed by atoms with van der Waals surface area (Å²) in [6.45, 7) is 5.52. The number of esters is 1. The molecule has 0 bridgehead atoms. The van der Waals surface area contributed by atoms with Crippen LogP contribution in [0.2, 0.25) is 0 Å². The van der Waals surface area contributed by atoms with Crippen LogP contribution >= 0.6 is 11.8 Å². The van der Waals surface area contributed by atoms with Crippen molar-refractivity contribution in [3.05, 3.63) is 71.8 Å². The molecule has 4 nitrogen and oxygen atoms in total. The Balaban J connectivity index is 1.87. The molecule has 0 radical (unpaired) electrons. The minimum Gasteiger partial charge on any atom is -0.461 e. The van der Waals surface area contributed by atoms with E-state index in [4.69, 9.17) is 4.74 Å². The van der Waals surface area contributed by atoms with Crippen LogP contribution in [-0.4, -0.2) is 33.0 Å². The van der Waals surface area contributed by atoms with Gasteiger partial charge in [-0.25, -0.2) is 13.2 Å². The van der Waals surface area contributed by atoms with Crippen LogP contribution in [0.3, 0.4) is 0 Å². The van der Waals surface area contributed by atoms with Crippen LogP contribution in [0.4, 0.5) is 0 Å². The van der Waals surface area contributed by atoms with Gasteiger partial charge in [0.15, 0.2) is 9.84 Å². The second-order valence-corrected chi connectivity index (χ2v) is 9.19. The highest BCUT2D eigenvalue weighted by Crippen LogP contribution is 2.19. The van der Waals surface area contributed by atoms with E-state index >= 15 is 0 Å². The van der Waals surface area contributed by atoms with Crippen molar-refractivity contribution in [1.29, 1.82) is 0 Å². The van der Waals surface area contributed by atoms with Crippen LogP contribution in [0.25, 0.3) is 12.2 Å². The Morgan fingerprint density at radius 2 is 1.56 bits per heavy atom. The first kappa shape index (κ1) is 21.0. The van der Waals surface area contributed by atoms with Gasteiger partial charge in [0.25, 0.3) is 0 Å². The predicted molar refractivity (Wildman–Crippen MR) is 111 cm³/mol. The van der Waals surface area contributed by atoms with Gasteiger partial charge in [-0.2, -0.15) is 0 Å².